The normalized spacial score (nSPS) is 16.9. The molecule has 2 aromatic carbocycles. The summed E-state index contributed by atoms with van der Waals surface area (Å²) < 4.78 is 5.90. The van der Waals surface area contributed by atoms with Crippen LogP contribution in [0.5, 0.6) is 5.75 Å². The number of ether oxygens (including phenoxy) is 1. The Bertz CT molecular complexity index is 1110. The number of hydrogen-bond donors (Lipinski definition) is 3. The standard InChI is InChI=1S/C23H29N3O2S.C4H4O4/c1-25-11-12-28-22-20(13-19(29-2)14-21(22)25)23(27)24-15-18-9-6-10-26(18)16-17-7-4-3-5-8-17;5-3(6)1-2-4(7)8/h3-5,7-8,13-14,18H,6,9-12,15-16H2,1-2H3,(H,24,27);1-2H,(H,5,6)(H,7,8)/b;2-1+/t18-;/m0./s1. The highest BCUT2D eigenvalue weighted by Crippen LogP contribution is 2.38. The number of carbonyl (C=O) groups is 3. The minimum Gasteiger partial charge on any atom is -0.489 e. The molecule has 2 aliphatic rings. The van der Waals surface area contributed by atoms with Crippen LogP contribution in [0.1, 0.15) is 28.8 Å². The van der Waals surface area contributed by atoms with Crippen LogP contribution in [0.25, 0.3) is 0 Å². The quantitative estimate of drug-likeness (QED) is 0.351. The molecule has 0 spiro atoms. The van der Waals surface area contributed by atoms with Gasteiger partial charge in [-0.15, -0.1) is 11.8 Å². The molecule has 0 saturated carbocycles. The van der Waals surface area contributed by atoms with E-state index in [-0.39, 0.29) is 5.91 Å². The molecule has 1 atom stereocenters. The summed E-state index contributed by atoms with van der Waals surface area (Å²) in [5.74, 6) is -1.85. The molecule has 0 radical (unpaired) electrons. The predicted octanol–water partition coefficient (Wildman–Crippen LogP) is 3.34. The molecule has 198 valence electrons. The van der Waals surface area contributed by atoms with Gasteiger partial charge in [-0.3, -0.25) is 9.69 Å². The van der Waals surface area contributed by atoms with Crippen molar-refractivity contribution in [2.24, 2.45) is 0 Å². The number of benzene rings is 2. The first-order valence-electron chi connectivity index (χ1n) is 12.0. The number of hydrogen-bond acceptors (Lipinski definition) is 7. The lowest BCUT2D eigenvalue weighted by Crippen LogP contribution is -2.40. The highest BCUT2D eigenvalue weighted by molar-refractivity contribution is 7.98. The maximum atomic E-state index is 13.1. The summed E-state index contributed by atoms with van der Waals surface area (Å²) in [5, 5.41) is 18.8. The highest BCUT2D eigenvalue weighted by atomic mass is 32.2. The summed E-state index contributed by atoms with van der Waals surface area (Å²) >= 11 is 1.65. The number of anilines is 1. The SMILES string of the molecule is CSc1cc(C(=O)NC[C@@H]2CCCN2Cc2ccccc2)c2c(c1)N(C)CCO2.O=C(O)/C=C/C(=O)O. The molecule has 1 saturated heterocycles. The first-order valence-corrected chi connectivity index (χ1v) is 13.3. The van der Waals surface area contributed by atoms with Gasteiger partial charge in [-0.25, -0.2) is 9.59 Å². The number of rotatable bonds is 8. The van der Waals surface area contributed by atoms with Crippen LogP contribution in [0.4, 0.5) is 5.69 Å². The van der Waals surface area contributed by atoms with Crippen LogP contribution < -0.4 is 15.0 Å². The van der Waals surface area contributed by atoms with Gasteiger partial charge < -0.3 is 25.2 Å². The predicted molar refractivity (Wildman–Crippen MR) is 144 cm³/mol. The smallest absolute Gasteiger partial charge is 0.328 e. The Morgan fingerprint density at radius 2 is 1.81 bits per heavy atom. The molecule has 2 aliphatic heterocycles. The largest absolute Gasteiger partial charge is 0.489 e. The number of carbonyl (C=O) groups excluding carboxylic acids is 1. The number of likely N-dealkylation sites (tertiary alicyclic amines) is 1. The second-order valence-corrected chi connectivity index (χ2v) is 9.64. The minimum absolute atomic E-state index is 0.0426. The van der Waals surface area contributed by atoms with E-state index in [1.807, 2.05) is 25.4 Å². The van der Waals surface area contributed by atoms with E-state index in [1.165, 1.54) is 12.0 Å². The lowest BCUT2D eigenvalue weighted by molar-refractivity contribution is -0.134. The number of likely N-dealkylation sites (N-methyl/N-ethyl adjacent to an activating group) is 1. The minimum atomic E-state index is -1.26. The van der Waals surface area contributed by atoms with Crippen LogP contribution in [0.3, 0.4) is 0 Å². The third-order valence-electron chi connectivity index (χ3n) is 6.20. The summed E-state index contributed by atoms with van der Waals surface area (Å²) in [7, 11) is 2.05. The van der Waals surface area contributed by atoms with Gasteiger partial charge in [0.25, 0.3) is 5.91 Å². The fraction of sp³-hybridized carbons (Fsp3) is 0.370. The molecular formula is C27H33N3O6S. The molecule has 2 aromatic rings. The number of nitrogens with one attached hydrogen (secondary N) is 1. The Morgan fingerprint density at radius 1 is 1.11 bits per heavy atom. The Labute approximate surface area is 221 Å². The zero-order valence-corrected chi connectivity index (χ0v) is 21.9. The first-order chi connectivity index (χ1) is 17.8. The molecule has 0 aromatic heterocycles. The third-order valence-corrected chi connectivity index (χ3v) is 6.91. The molecular weight excluding hydrogens is 494 g/mol. The van der Waals surface area contributed by atoms with Gasteiger partial charge in [-0.05, 0) is 43.3 Å². The molecule has 1 amide bonds. The lowest BCUT2D eigenvalue weighted by atomic mass is 10.1. The summed E-state index contributed by atoms with van der Waals surface area (Å²) in [6, 6.07) is 15.0. The molecule has 4 rings (SSSR count). The lowest BCUT2D eigenvalue weighted by Gasteiger charge is -2.30. The van der Waals surface area contributed by atoms with Gasteiger partial charge in [-0.1, -0.05) is 30.3 Å². The zero-order valence-electron chi connectivity index (χ0n) is 21.1. The van der Waals surface area contributed by atoms with E-state index in [0.717, 1.165) is 36.6 Å². The van der Waals surface area contributed by atoms with Gasteiger partial charge in [0.05, 0.1) is 17.8 Å². The molecule has 0 bridgehead atoms. The number of aliphatic carboxylic acids is 2. The van der Waals surface area contributed by atoms with Crippen molar-refractivity contribution in [1.29, 1.82) is 0 Å². The van der Waals surface area contributed by atoms with Gasteiger partial charge in [-0.2, -0.15) is 0 Å². The highest BCUT2D eigenvalue weighted by Gasteiger charge is 2.27. The Morgan fingerprint density at radius 3 is 2.46 bits per heavy atom. The zero-order chi connectivity index (χ0) is 26.8. The van der Waals surface area contributed by atoms with E-state index in [0.29, 0.717) is 42.7 Å². The maximum absolute atomic E-state index is 13.1. The fourth-order valence-electron chi connectivity index (χ4n) is 4.32. The van der Waals surface area contributed by atoms with Gasteiger partial charge in [0.1, 0.15) is 6.61 Å². The molecule has 0 unspecified atom stereocenters. The number of nitrogens with zero attached hydrogens (tertiary/aromatic N) is 2. The van der Waals surface area contributed by atoms with E-state index in [1.54, 1.807) is 11.8 Å². The maximum Gasteiger partial charge on any atom is 0.328 e. The van der Waals surface area contributed by atoms with E-state index in [4.69, 9.17) is 14.9 Å². The fourth-order valence-corrected chi connectivity index (χ4v) is 4.78. The van der Waals surface area contributed by atoms with Gasteiger partial charge >= 0.3 is 11.9 Å². The number of carboxylic acids is 2. The molecule has 9 nitrogen and oxygen atoms in total. The molecule has 10 heteroatoms. The van der Waals surface area contributed by atoms with Crippen LogP contribution in [-0.4, -0.2) is 78.5 Å². The average Bonchev–Trinajstić information content (AvgIpc) is 3.33. The third kappa shape index (κ3) is 8.26. The summed E-state index contributed by atoms with van der Waals surface area (Å²) in [4.78, 5) is 37.9. The second-order valence-electron chi connectivity index (χ2n) is 8.77. The van der Waals surface area contributed by atoms with Crippen molar-refractivity contribution in [1.82, 2.24) is 10.2 Å². The van der Waals surface area contributed by atoms with Crippen molar-refractivity contribution in [2.45, 2.75) is 30.3 Å². The number of fused-ring (bicyclic) bond motifs is 1. The van der Waals surface area contributed by atoms with Crippen LogP contribution in [0.15, 0.2) is 59.5 Å². The second kappa shape index (κ2) is 13.7. The number of amides is 1. The molecule has 1 fully saturated rings. The van der Waals surface area contributed by atoms with Gasteiger partial charge in [0.2, 0.25) is 0 Å². The van der Waals surface area contributed by atoms with Crippen molar-refractivity contribution in [3.63, 3.8) is 0 Å². The van der Waals surface area contributed by atoms with Crippen LogP contribution in [0.2, 0.25) is 0 Å². The van der Waals surface area contributed by atoms with E-state index < -0.39 is 11.9 Å². The topological polar surface area (TPSA) is 119 Å². The van der Waals surface area contributed by atoms with Crippen molar-refractivity contribution < 1.29 is 29.3 Å². The van der Waals surface area contributed by atoms with Crippen LogP contribution >= 0.6 is 11.8 Å². The average molecular weight is 528 g/mol. The first kappa shape index (κ1) is 28.1. The molecule has 2 heterocycles. The molecule has 37 heavy (non-hydrogen) atoms. The van der Waals surface area contributed by atoms with Gasteiger partial charge in [0, 0.05) is 43.2 Å². The van der Waals surface area contributed by atoms with E-state index >= 15 is 0 Å². The summed E-state index contributed by atoms with van der Waals surface area (Å²) in [6.45, 7) is 4.13. The van der Waals surface area contributed by atoms with Crippen LogP contribution in [0, 0.1) is 0 Å². The van der Waals surface area contributed by atoms with E-state index in [2.05, 4.69) is 45.4 Å². The summed E-state index contributed by atoms with van der Waals surface area (Å²) in [5.41, 5.74) is 2.97. The van der Waals surface area contributed by atoms with Crippen molar-refractivity contribution in [3.8, 4) is 5.75 Å². The Hall–Kier alpha value is -3.50. The van der Waals surface area contributed by atoms with Crippen molar-refractivity contribution in [3.05, 3.63) is 65.7 Å². The molecule has 0 aliphatic carbocycles. The monoisotopic (exact) mass is 527 g/mol. The van der Waals surface area contributed by atoms with Gasteiger partial charge in [0.15, 0.2) is 5.75 Å². The number of thioether (sulfide) groups is 1. The Balaban J connectivity index is 0.000000414. The summed E-state index contributed by atoms with van der Waals surface area (Å²) in [6.07, 6.45) is 5.45. The molecule has 3 N–H and O–H groups in total. The number of carboxylic acid groups (broad SMARTS) is 2. The van der Waals surface area contributed by atoms with Crippen molar-refractivity contribution in [2.75, 3.05) is 44.4 Å². The Kier molecular flexibility index (Phi) is 10.4. The van der Waals surface area contributed by atoms with E-state index in [9.17, 15) is 14.4 Å². The van der Waals surface area contributed by atoms with Crippen LogP contribution in [-0.2, 0) is 16.1 Å². The van der Waals surface area contributed by atoms with Crippen molar-refractivity contribution >= 4 is 35.3 Å².